The molecule has 0 unspecified atom stereocenters. The number of benzene rings is 1. The van der Waals surface area contributed by atoms with Crippen molar-refractivity contribution in [3.8, 4) is 5.75 Å². The van der Waals surface area contributed by atoms with Crippen molar-refractivity contribution in [2.45, 2.75) is 12.5 Å². The first-order chi connectivity index (χ1) is 9.12. The number of anilines is 1. The van der Waals surface area contributed by atoms with Crippen molar-refractivity contribution >= 4 is 15.8 Å². The number of halogens is 3. The number of alkyl halides is 3. The largest absolute Gasteiger partial charge is 0.573 e. The molecule has 0 spiro atoms. The van der Waals surface area contributed by atoms with Gasteiger partial charge in [-0.15, -0.1) is 13.2 Å². The zero-order chi connectivity index (χ0) is 15.0. The SMILES string of the molecule is CS(=O)(=O)OC1CN(c2ccc(OC(F)(F)F)cc2)C1. The second-order valence-electron chi connectivity index (χ2n) is 4.37. The molecule has 2 rings (SSSR count). The van der Waals surface area contributed by atoms with Crippen molar-refractivity contribution in [1.82, 2.24) is 0 Å². The Morgan fingerprint density at radius 2 is 1.75 bits per heavy atom. The van der Waals surface area contributed by atoms with E-state index in [1.807, 2.05) is 0 Å². The zero-order valence-corrected chi connectivity index (χ0v) is 11.2. The van der Waals surface area contributed by atoms with Crippen LogP contribution in [0.25, 0.3) is 0 Å². The molecule has 0 bridgehead atoms. The van der Waals surface area contributed by atoms with Crippen LogP contribution in [0.15, 0.2) is 24.3 Å². The average molecular weight is 311 g/mol. The van der Waals surface area contributed by atoms with E-state index in [0.29, 0.717) is 18.8 Å². The standard InChI is InChI=1S/C11H12F3NO4S/c1-20(16,17)19-10-6-15(7-10)8-2-4-9(5-3-8)18-11(12,13)14/h2-5,10H,6-7H2,1H3. The lowest BCUT2D eigenvalue weighted by Gasteiger charge is -2.39. The molecule has 0 N–H and O–H groups in total. The third-order valence-corrected chi connectivity index (χ3v) is 3.22. The van der Waals surface area contributed by atoms with Gasteiger partial charge < -0.3 is 9.64 Å². The lowest BCUT2D eigenvalue weighted by Crippen LogP contribution is -2.52. The Morgan fingerprint density at radius 3 is 2.20 bits per heavy atom. The van der Waals surface area contributed by atoms with Crippen LogP contribution in [0.4, 0.5) is 18.9 Å². The van der Waals surface area contributed by atoms with E-state index in [-0.39, 0.29) is 5.75 Å². The van der Waals surface area contributed by atoms with Crippen molar-refractivity contribution in [3.05, 3.63) is 24.3 Å². The number of rotatable bonds is 4. The maximum absolute atomic E-state index is 12.0. The molecule has 1 aliphatic rings. The van der Waals surface area contributed by atoms with Gasteiger partial charge in [0.25, 0.3) is 10.1 Å². The van der Waals surface area contributed by atoms with Crippen LogP contribution in [-0.4, -0.2) is 40.2 Å². The molecule has 1 fully saturated rings. The third kappa shape index (κ3) is 4.27. The van der Waals surface area contributed by atoms with Gasteiger partial charge in [-0.1, -0.05) is 0 Å². The van der Waals surface area contributed by atoms with Crippen LogP contribution < -0.4 is 9.64 Å². The minimum absolute atomic E-state index is 0.300. The van der Waals surface area contributed by atoms with Crippen LogP contribution in [-0.2, 0) is 14.3 Å². The van der Waals surface area contributed by atoms with Crippen LogP contribution in [0.2, 0.25) is 0 Å². The molecular weight excluding hydrogens is 299 g/mol. The van der Waals surface area contributed by atoms with E-state index in [2.05, 4.69) is 4.74 Å². The van der Waals surface area contributed by atoms with Gasteiger partial charge in [-0.25, -0.2) is 0 Å². The van der Waals surface area contributed by atoms with Gasteiger partial charge in [0.1, 0.15) is 11.9 Å². The van der Waals surface area contributed by atoms with Crippen molar-refractivity contribution in [3.63, 3.8) is 0 Å². The zero-order valence-electron chi connectivity index (χ0n) is 10.4. The van der Waals surface area contributed by atoms with Crippen LogP contribution in [0.3, 0.4) is 0 Å². The molecule has 0 amide bonds. The molecule has 9 heteroatoms. The quantitative estimate of drug-likeness (QED) is 0.793. The van der Waals surface area contributed by atoms with Crippen LogP contribution in [0, 0.1) is 0 Å². The maximum atomic E-state index is 12.0. The summed E-state index contributed by atoms with van der Waals surface area (Å²) in [6.45, 7) is 0.735. The molecule has 1 aromatic rings. The molecule has 0 atom stereocenters. The Balaban J connectivity index is 1.90. The highest BCUT2D eigenvalue weighted by atomic mass is 32.2. The monoisotopic (exact) mass is 311 g/mol. The van der Waals surface area contributed by atoms with Crippen molar-refractivity contribution in [1.29, 1.82) is 0 Å². The fourth-order valence-corrected chi connectivity index (χ4v) is 2.43. The van der Waals surface area contributed by atoms with E-state index in [1.165, 1.54) is 24.3 Å². The number of hydrogen-bond donors (Lipinski definition) is 0. The normalized spacial score (nSPS) is 16.9. The second-order valence-corrected chi connectivity index (χ2v) is 5.97. The van der Waals surface area contributed by atoms with E-state index in [0.717, 1.165) is 6.26 Å². The lowest BCUT2D eigenvalue weighted by atomic mass is 10.1. The molecule has 112 valence electrons. The third-order valence-electron chi connectivity index (χ3n) is 2.59. The summed E-state index contributed by atoms with van der Waals surface area (Å²) in [5.41, 5.74) is 0.674. The van der Waals surface area contributed by atoms with Gasteiger partial charge in [0.15, 0.2) is 0 Å². The summed E-state index contributed by atoms with van der Waals surface area (Å²) in [6.07, 6.45) is -4.16. The Morgan fingerprint density at radius 1 is 1.20 bits per heavy atom. The minimum atomic E-state index is -4.72. The first-order valence-electron chi connectivity index (χ1n) is 5.61. The molecule has 5 nitrogen and oxygen atoms in total. The first kappa shape index (κ1) is 14.9. The minimum Gasteiger partial charge on any atom is -0.406 e. The predicted octanol–water partition coefficient (Wildman–Crippen LogP) is 1.75. The molecular formula is C11H12F3NO4S. The van der Waals surface area contributed by atoms with Crippen LogP contribution in [0.1, 0.15) is 0 Å². The van der Waals surface area contributed by atoms with Crippen molar-refractivity contribution in [2.75, 3.05) is 24.2 Å². The Bertz CT molecular complexity index is 564. The summed E-state index contributed by atoms with van der Waals surface area (Å²) in [6, 6.07) is 5.34. The predicted molar refractivity (Wildman–Crippen MR) is 65.1 cm³/mol. The van der Waals surface area contributed by atoms with Crippen LogP contribution in [0.5, 0.6) is 5.75 Å². The topological polar surface area (TPSA) is 55.8 Å². The molecule has 1 heterocycles. The van der Waals surface area contributed by atoms with E-state index in [1.54, 1.807) is 4.90 Å². The fraction of sp³-hybridized carbons (Fsp3) is 0.455. The number of hydrogen-bond acceptors (Lipinski definition) is 5. The van der Waals surface area contributed by atoms with Gasteiger partial charge in [-0.2, -0.15) is 8.42 Å². The summed E-state index contributed by atoms with van der Waals surface area (Å²) in [4.78, 5) is 1.78. The van der Waals surface area contributed by atoms with E-state index in [4.69, 9.17) is 4.18 Å². The summed E-state index contributed by atoms with van der Waals surface area (Å²) < 4.78 is 66.2. The Hall–Kier alpha value is -1.48. The number of ether oxygens (including phenoxy) is 1. The summed E-state index contributed by atoms with van der Waals surface area (Å²) in [5.74, 6) is -0.300. The van der Waals surface area contributed by atoms with Crippen molar-refractivity contribution < 1.29 is 30.5 Å². The lowest BCUT2D eigenvalue weighted by molar-refractivity contribution is -0.274. The highest BCUT2D eigenvalue weighted by Crippen LogP contribution is 2.28. The summed E-state index contributed by atoms with van der Waals surface area (Å²) in [7, 11) is -3.49. The van der Waals surface area contributed by atoms with Gasteiger partial charge in [0.05, 0.1) is 6.26 Å². The molecule has 1 aliphatic heterocycles. The molecule has 20 heavy (non-hydrogen) atoms. The Kier molecular flexibility index (Phi) is 3.83. The van der Waals surface area contributed by atoms with Gasteiger partial charge in [-0.05, 0) is 24.3 Å². The van der Waals surface area contributed by atoms with E-state index in [9.17, 15) is 21.6 Å². The average Bonchev–Trinajstić information content (AvgIpc) is 2.21. The van der Waals surface area contributed by atoms with Crippen LogP contribution >= 0.6 is 0 Å². The van der Waals surface area contributed by atoms with Gasteiger partial charge in [0.2, 0.25) is 0 Å². The first-order valence-corrected chi connectivity index (χ1v) is 7.43. The summed E-state index contributed by atoms with van der Waals surface area (Å²) >= 11 is 0. The van der Waals surface area contributed by atoms with Gasteiger partial charge in [0, 0.05) is 18.8 Å². The number of nitrogens with zero attached hydrogens (tertiary/aromatic N) is 1. The highest BCUT2D eigenvalue weighted by Gasteiger charge is 2.32. The van der Waals surface area contributed by atoms with E-state index >= 15 is 0 Å². The van der Waals surface area contributed by atoms with E-state index < -0.39 is 22.6 Å². The van der Waals surface area contributed by atoms with Crippen molar-refractivity contribution in [2.24, 2.45) is 0 Å². The molecule has 0 radical (unpaired) electrons. The smallest absolute Gasteiger partial charge is 0.406 e. The molecule has 1 saturated heterocycles. The highest BCUT2D eigenvalue weighted by molar-refractivity contribution is 7.86. The molecule has 0 saturated carbocycles. The second kappa shape index (κ2) is 5.13. The maximum Gasteiger partial charge on any atom is 0.573 e. The van der Waals surface area contributed by atoms with Gasteiger partial charge in [-0.3, -0.25) is 4.18 Å². The fourth-order valence-electron chi connectivity index (χ4n) is 1.82. The molecule has 1 aromatic carbocycles. The Labute approximate surface area is 114 Å². The summed E-state index contributed by atoms with van der Waals surface area (Å²) in [5, 5.41) is 0. The molecule has 0 aliphatic carbocycles. The molecule has 0 aromatic heterocycles. The van der Waals surface area contributed by atoms with Gasteiger partial charge >= 0.3 is 6.36 Å².